The average molecular weight is 460 g/mol. The first-order valence-electron chi connectivity index (χ1n) is 9.81. The molecular formula is C24H19F3O6. The maximum atomic E-state index is 13.3. The number of benzene rings is 3. The Morgan fingerprint density at radius 1 is 0.970 bits per heavy atom. The van der Waals surface area contributed by atoms with E-state index in [0.29, 0.717) is 35.4 Å². The van der Waals surface area contributed by atoms with E-state index in [1.807, 2.05) is 6.92 Å². The van der Waals surface area contributed by atoms with Gasteiger partial charge in [-0.3, -0.25) is 0 Å². The van der Waals surface area contributed by atoms with Crippen LogP contribution in [0.3, 0.4) is 0 Å². The van der Waals surface area contributed by atoms with Gasteiger partial charge in [0.15, 0.2) is 17.5 Å². The Morgan fingerprint density at radius 3 is 2.15 bits per heavy atom. The number of hydrogen-bond donors (Lipinski definition) is 1. The van der Waals surface area contributed by atoms with Crippen molar-refractivity contribution in [3.8, 4) is 28.4 Å². The summed E-state index contributed by atoms with van der Waals surface area (Å²) in [5.74, 6) is -6.76. The fourth-order valence-corrected chi connectivity index (χ4v) is 3.06. The zero-order valence-corrected chi connectivity index (χ0v) is 17.7. The molecule has 0 spiro atoms. The van der Waals surface area contributed by atoms with Crippen LogP contribution in [0, 0.1) is 17.5 Å². The number of ether oxygens (including phenoxy) is 3. The summed E-state index contributed by atoms with van der Waals surface area (Å²) in [5, 5.41) is 9.55. The van der Waals surface area contributed by atoms with E-state index in [1.165, 1.54) is 43.5 Å². The van der Waals surface area contributed by atoms with Crippen LogP contribution in [0.2, 0.25) is 0 Å². The molecule has 0 amide bonds. The minimum absolute atomic E-state index is 0.0354. The normalized spacial score (nSPS) is 10.6. The predicted octanol–water partition coefficient (Wildman–Crippen LogP) is 5.49. The second-order valence-electron chi connectivity index (χ2n) is 6.84. The first-order chi connectivity index (χ1) is 15.8. The Balaban J connectivity index is 1.96. The van der Waals surface area contributed by atoms with Gasteiger partial charge in [-0.05, 0) is 36.2 Å². The number of aromatic carboxylic acids is 1. The highest BCUT2D eigenvalue weighted by Crippen LogP contribution is 2.41. The van der Waals surface area contributed by atoms with Gasteiger partial charge >= 0.3 is 11.9 Å². The van der Waals surface area contributed by atoms with Crippen LogP contribution in [0.4, 0.5) is 13.2 Å². The molecular weight excluding hydrogens is 441 g/mol. The summed E-state index contributed by atoms with van der Waals surface area (Å²) in [7, 11) is 1.43. The Kier molecular flexibility index (Phi) is 7.22. The van der Waals surface area contributed by atoms with Crippen LogP contribution in [0.1, 0.15) is 34.1 Å². The van der Waals surface area contributed by atoms with Gasteiger partial charge in [0.1, 0.15) is 22.8 Å². The predicted molar refractivity (Wildman–Crippen MR) is 112 cm³/mol. The van der Waals surface area contributed by atoms with E-state index in [0.717, 1.165) is 0 Å². The lowest BCUT2D eigenvalue weighted by Crippen LogP contribution is -2.09. The van der Waals surface area contributed by atoms with E-state index in [9.17, 15) is 27.9 Å². The minimum atomic E-state index is -1.67. The monoisotopic (exact) mass is 460 g/mol. The first-order valence-corrected chi connectivity index (χ1v) is 9.81. The van der Waals surface area contributed by atoms with Crippen LogP contribution in [0.5, 0.6) is 17.2 Å². The van der Waals surface area contributed by atoms with E-state index in [4.69, 9.17) is 14.2 Å². The summed E-state index contributed by atoms with van der Waals surface area (Å²) in [4.78, 5) is 24.1. The third kappa shape index (κ3) is 5.08. The quantitative estimate of drug-likeness (QED) is 0.272. The van der Waals surface area contributed by atoms with Gasteiger partial charge < -0.3 is 19.3 Å². The summed E-state index contributed by atoms with van der Waals surface area (Å²) in [5.41, 5.74) is 0.862. The average Bonchev–Trinajstić information content (AvgIpc) is 2.80. The summed E-state index contributed by atoms with van der Waals surface area (Å²) in [6.45, 7) is 2.15. The molecule has 33 heavy (non-hydrogen) atoms. The van der Waals surface area contributed by atoms with Crippen molar-refractivity contribution in [2.24, 2.45) is 0 Å². The van der Waals surface area contributed by atoms with Gasteiger partial charge in [0.05, 0.1) is 24.8 Å². The third-order valence-corrected chi connectivity index (χ3v) is 4.60. The molecule has 0 atom stereocenters. The highest BCUT2D eigenvalue weighted by atomic mass is 19.2. The molecule has 0 bridgehead atoms. The fraction of sp³-hybridized carbons (Fsp3) is 0.167. The van der Waals surface area contributed by atoms with E-state index < -0.39 is 35.1 Å². The van der Waals surface area contributed by atoms with Gasteiger partial charge in [0.2, 0.25) is 0 Å². The Labute approximate surface area is 187 Å². The Morgan fingerprint density at radius 2 is 1.61 bits per heavy atom. The van der Waals surface area contributed by atoms with Crippen molar-refractivity contribution in [2.75, 3.05) is 13.7 Å². The minimum Gasteiger partial charge on any atom is -0.496 e. The molecule has 0 aliphatic carbocycles. The molecule has 3 aromatic carbocycles. The maximum Gasteiger partial charge on any atom is 0.343 e. The number of carboxylic acids is 1. The van der Waals surface area contributed by atoms with Gasteiger partial charge in [0.25, 0.3) is 0 Å². The van der Waals surface area contributed by atoms with Crippen molar-refractivity contribution in [3.63, 3.8) is 0 Å². The van der Waals surface area contributed by atoms with Crippen LogP contribution in [0.15, 0.2) is 48.5 Å². The summed E-state index contributed by atoms with van der Waals surface area (Å²) in [6.07, 6.45) is 0.644. The fourth-order valence-electron chi connectivity index (χ4n) is 3.06. The second-order valence-corrected chi connectivity index (χ2v) is 6.84. The molecule has 172 valence electrons. The maximum absolute atomic E-state index is 13.3. The van der Waals surface area contributed by atoms with Crippen LogP contribution >= 0.6 is 0 Å². The standard InChI is InChI=1S/C24H19F3O6/c1-3-10-32-22-16(23(28)29)8-9-19(31-2)20(22)13-4-6-14(7-5-13)24(30)33-15-11-17(25)21(27)18(26)12-15/h4-9,11-12H,3,10H2,1-2H3,(H,28,29). The number of carbonyl (C=O) groups is 2. The number of carboxylic acid groups (broad SMARTS) is 1. The highest BCUT2D eigenvalue weighted by molar-refractivity contribution is 5.96. The second kappa shape index (κ2) is 10.1. The van der Waals surface area contributed by atoms with Crippen LogP contribution in [0.25, 0.3) is 11.1 Å². The zero-order chi connectivity index (χ0) is 24.1. The lowest BCUT2D eigenvalue weighted by Gasteiger charge is -2.17. The molecule has 3 aromatic rings. The Hall–Kier alpha value is -4.01. The summed E-state index contributed by atoms with van der Waals surface area (Å²) in [6, 6.07) is 9.79. The molecule has 3 rings (SSSR count). The lowest BCUT2D eigenvalue weighted by atomic mass is 9.98. The van der Waals surface area contributed by atoms with Crippen LogP contribution < -0.4 is 14.2 Å². The third-order valence-electron chi connectivity index (χ3n) is 4.60. The van der Waals surface area contributed by atoms with Crippen molar-refractivity contribution in [1.29, 1.82) is 0 Å². The van der Waals surface area contributed by atoms with E-state index in [-0.39, 0.29) is 23.5 Å². The number of carbonyl (C=O) groups excluding carboxylic acids is 1. The largest absolute Gasteiger partial charge is 0.496 e. The van der Waals surface area contributed by atoms with Crippen molar-refractivity contribution in [1.82, 2.24) is 0 Å². The molecule has 6 nitrogen and oxygen atoms in total. The molecule has 0 aliphatic heterocycles. The van der Waals surface area contributed by atoms with Crippen LogP contribution in [-0.4, -0.2) is 30.8 Å². The van der Waals surface area contributed by atoms with Crippen molar-refractivity contribution in [2.45, 2.75) is 13.3 Å². The van der Waals surface area contributed by atoms with Crippen molar-refractivity contribution < 1.29 is 42.1 Å². The summed E-state index contributed by atoms with van der Waals surface area (Å²) >= 11 is 0. The van der Waals surface area contributed by atoms with Crippen molar-refractivity contribution in [3.05, 3.63) is 77.1 Å². The number of rotatable bonds is 8. The topological polar surface area (TPSA) is 82.1 Å². The van der Waals surface area contributed by atoms with E-state index in [1.54, 1.807) is 0 Å². The molecule has 0 radical (unpaired) electrons. The smallest absolute Gasteiger partial charge is 0.343 e. The van der Waals surface area contributed by atoms with E-state index in [2.05, 4.69) is 0 Å². The van der Waals surface area contributed by atoms with Gasteiger partial charge in [0, 0.05) is 12.1 Å². The molecule has 0 aromatic heterocycles. The van der Waals surface area contributed by atoms with Gasteiger partial charge in [-0.2, -0.15) is 0 Å². The molecule has 1 N–H and O–H groups in total. The lowest BCUT2D eigenvalue weighted by molar-refractivity contribution is 0.0690. The molecule has 0 saturated carbocycles. The first kappa shape index (κ1) is 23.6. The number of methoxy groups -OCH3 is 1. The Bertz CT molecular complexity index is 1170. The molecule has 0 saturated heterocycles. The molecule has 0 unspecified atom stereocenters. The number of esters is 1. The summed E-state index contributed by atoms with van der Waals surface area (Å²) < 4.78 is 55.8. The zero-order valence-electron chi connectivity index (χ0n) is 17.7. The van der Waals surface area contributed by atoms with E-state index >= 15 is 0 Å². The van der Waals surface area contributed by atoms with Gasteiger partial charge in [-0.1, -0.05) is 19.1 Å². The highest BCUT2D eigenvalue weighted by Gasteiger charge is 2.22. The van der Waals surface area contributed by atoms with Gasteiger partial charge in [-0.15, -0.1) is 0 Å². The number of hydrogen-bond acceptors (Lipinski definition) is 5. The molecule has 0 heterocycles. The van der Waals surface area contributed by atoms with Crippen LogP contribution in [-0.2, 0) is 0 Å². The number of halogens is 3. The molecule has 0 aliphatic rings. The molecule has 9 heteroatoms. The molecule has 0 fully saturated rings. The van der Waals surface area contributed by atoms with Crippen molar-refractivity contribution >= 4 is 11.9 Å². The van der Waals surface area contributed by atoms with Gasteiger partial charge in [-0.25, -0.2) is 22.8 Å². The SMILES string of the molecule is CCCOc1c(C(=O)O)ccc(OC)c1-c1ccc(C(=O)Oc2cc(F)c(F)c(F)c2)cc1.